The normalized spacial score (nSPS) is 11.4. The molecule has 2 aromatic heterocycles. The number of rotatable bonds is 6. The number of hydrogen-bond donors (Lipinski definition) is 2. The number of carbonyl (C=O) groups is 1. The van der Waals surface area contributed by atoms with Gasteiger partial charge in [-0.25, -0.2) is 4.79 Å². The minimum Gasteiger partial charge on any atom is -0.383 e. The molecular formula is C22H27N5O3. The monoisotopic (exact) mass is 409 g/mol. The van der Waals surface area contributed by atoms with Gasteiger partial charge in [-0.15, -0.1) is 0 Å². The molecule has 2 heterocycles. The Hall–Kier alpha value is -3.42. The molecule has 0 saturated carbocycles. The van der Waals surface area contributed by atoms with Crippen LogP contribution in [0.4, 0.5) is 11.5 Å². The number of benzene rings is 1. The summed E-state index contributed by atoms with van der Waals surface area (Å²) in [4.78, 5) is 46.7. The van der Waals surface area contributed by atoms with Crippen LogP contribution in [0.5, 0.6) is 0 Å². The highest BCUT2D eigenvalue weighted by Crippen LogP contribution is 2.24. The van der Waals surface area contributed by atoms with Crippen LogP contribution in [0.25, 0.3) is 10.9 Å². The molecule has 0 fully saturated rings. The van der Waals surface area contributed by atoms with Crippen molar-refractivity contribution in [1.29, 1.82) is 0 Å². The molecule has 1 amide bonds. The Balaban J connectivity index is 2.22. The highest BCUT2D eigenvalue weighted by atomic mass is 16.2. The van der Waals surface area contributed by atoms with E-state index in [9.17, 15) is 14.4 Å². The number of H-pyrrole nitrogens is 1. The molecule has 0 radical (unpaired) electrons. The number of carbonyl (C=O) groups excluding carboxylic acids is 1. The maximum Gasteiger partial charge on any atom is 0.330 e. The van der Waals surface area contributed by atoms with E-state index in [1.165, 1.54) is 9.47 Å². The zero-order valence-corrected chi connectivity index (χ0v) is 17.7. The zero-order chi connectivity index (χ0) is 22.0. The SMILES string of the molecule is CC(C)CN(C(=O)c1cccc2ncccc12)c1c(N)n(CC(C)C)c(=O)[nH]c1=O. The summed E-state index contributed by atoms with van der Waals surface area (Å²) in [5.41, 5.74) is 6.11. The number of amides is 1. The van der Waals surface area contributed by atoms with Gasteiger partial charge in [0.05, 0.1) is 5.52 Å². The molecule has 8 nitrogen and oxygen atoms in total. The van der Waals surface area contributed by atoms with E-state index in [0.717, 1.165) is 0 Å². The summed E-state index contributed by atoms with van der Waals surface area (Å²) >= 11 is 0. The second-order valence-corrected chi connectivity index (χ2v) is 8.18. The van der Waals surface area contributed by atoms with Crippen molar-refractivity contribution in [2.45, 2.75) is 34.2 Å². The smallest absolute Gasteiger partial charge is 0.330 e. The van der Waals surface area contributed by atoms with Gasteiger partial charge in [-0.1, -0.05) is 39.8 Å². The molecular weight excluding hydrogens is 382 g/mol. The Labute approximate surface area is 174 Å². The number of fused-ring (bicyclic) bond motifs is 1. The van der Waals surface area contributed by atoms with Crippen LogP contribution in [0.3, 0.4) is 0 Å². The van der Waals surface area contributed by atoms with Crippen molar-refractivity contribution in [1.82, 2.24) is 14.5 Å². The maximum absolute atomic E-state index is 13.6. The summed E-state index contributed by atoms with van der Waals surface area (Å²) in [6.07, 6.45) is 1.66. The lowest BCUT2D eigenvalue weighted by molar-refractivity contribution is 0.0985. The highest BCUT2D eigenvalue weighted by Gasteiger charge is 2.27. The van der Waals surface area contributed by atoms with Gasteiger partial charge in [0.1, 0.15) is 5.82 Å². The molecule has 0 aliphatic heterocycles. The Morgan fingerprint density at radius 2 is 1.87 bits per heavy atom. The van der Waals surface area contributed by atoms with E-state index < -0.39 is 11.2 Å². The van der Waals surface area contributed by atoms with Crippen molar-refractivity contribution < 1.29 is 4.79 Å². The van der Waals surface area contributed by atoms with Crippen molar-refractivity contribution in [3.05, 3.63) is 62.9 Å². The van der Waals surface area contributed by atoms with E-state index in [4.69, 9.17) is 5.73 Å². The van der Waals surface area contributed by atoms with Gasteiger partial charge < -0.3 is 10.6 Å². The van der Waals surface area contributed by atoms with Crippen molar-refractivity contribution in [3.63, 3.8) is 0 Å². The van der Waals surface area contributed by atoms with E-state index in [1.54, 1.807) is 24.4 Å². The first kappa shape index (κ1) is 21.3. The molecule has 3 aromatic rings. The van der Waals surface area contributed by atoms with Crippen LogP contribution in [0.15, 0.2) is 46.1 Å². The van der Waals surface area contributed by atoms with Gasteiger partial charge in [-0.05, 0) is 30.0 Å². The standard InChI is InChI=1S/C22H27N5O3/c1-13(2)11-26(18-19(23)27(12-14(3)4)22(30)25-20(18)28)21(29)16-7-5-9-17-15(16)8-6-10-24-17/h5-10,13-14H,11-12,23H2,1-4H3,(H,25,28,30). The number of aromatic nitrogens is 3. The van der Waals surface area contributed by atoms with Gasteiger partial charge in [-0.2, -0.15) is 0 Å². The average Bonchev–Trinajstić information content (AvgIpc) is 2.69. The molecule has 3 rings (SSSR count). The Morgan fingerprint density at radius 3 is 2.53 bits per heavy atom. The molecule has 0 aliphatic carbocycles. The molecule has 0 aliphatic rings. The van der Waals surface area contributed by atoms with Crippen LogP contribution in [-0.4, -0.2) is 27.0 Å². The van der Waals surface area contributed by atoms with E-state index in [1.807, 2.05) is 39.8 Å². The molecule has 1 aromatic carbocycles. The fourth-order valence-corrected chi connectivity index (χ4v) is 3.46. The third-order valence-corrected chi connectivity index (χ3v) is 4.70. The lowest BCUT2D eigenvalue weighted by atomic mass is 10.1. The van der Waals surface area contributed by atoms with Gasteiger partial charge in [0.15, 0.2) is 5.69 Å². The predicted octanol–water partition coefficient (Wildman–Crippen LogP) is 2.63. The van der Waals surface area contributed by atoms with Gasteiger partial charge in [-0.3, -0.25) is 24.1 Å². The summed E-state index contributed by atoms with van der Waals surface area (Å²) in [6, 6.07) is 8.85. The lowest BCUT2D eigenvalue weighted by Gasteiger charge is -2.27. The summed E-state index contributed by atoms with van der Waals surface area (Å²) in [5.74, 6) is -0.187. The zero-order valence-electron chi connectivity index (χ0n) is 17.7. The fourth-order valence-electron chi connectivity index (χ4n) is 3.46. The van der Waals surface area contributed by atoms with Crippen LogP contribution in [0.2, 0.25) is 0 Å². The van der Waals surface area contributed by atoms with Gasteiger partial charge in [0, 0.05) is 30.2 Å². The van der Waals surface area contributed by atoms with Crippen LogP contribution in [0.1, 0.15) is 38.1 Å². The predicted molar refractivity (Wildman–Crippen MR) is 119 cm³/mol. The Bertz CT molecular complexity index is 1190. The minimum absolute atomic E-state index is 0.00477. The molecule has 8 heteroatoms. The summed E-state index contributed by atoms with van der Waals surface area (Å²) in [6.45, 7) is 8.37. The second kappa shape index (κ2) is 8.52. The van der Waals surface area contributed by atoms with Crippen molar-refractivity contribution in [2.75, 3.05) is 17.2 Å². The number of nitrogens with two attached hydrogens (primary N) is 1. The Kier molecular flexibility index (Phi) is 6.05. The first-order chi connectivity index (χ1) is 14.2. The maximum atomic E-state index is 13.6. The van der Waals surface area contributed by atoms with Crippen molar-refractivity contribution in [3.8, 4) is 0 Å². The number of nitrogens with one attached hydrogen (secondary N) is 1. The Morgan fingerprint density at radius 1 is 1.13 bits per heavy atom. The first-order valence-electron chi connectivity index (χ1n) is 9.98. The largest absolute Gasteiger partial charge is 0.383 e. The lowest BCUT2D eigenvalue weighted by Crippen LogP contribution is -2.43. The molecule has 0 spiro atoms. The summed E-state index contributed by atoms with van der Waals surface area (Å²) in [5, 5.41) is 0.684. The van der Waals surface area contributed by atoms with Gasteiger partial charge in [0.25, 0.3) is 11.5 Å². The molecule has 0 saturated heterocycles. The van der Waals surface area contributed by atoms with Crippen LogP contribution in [-0.2, 0) is 6.54 Å². The molecule has 158 valence electrons. The van der Waals surface area contributed by atoms with Crippen LogP contribution < -0.4 is 21.9 Å². The quantitative estimate of drug-likeness (QED) is 0.650. The molecule has 0 bridgehead atoms. The number of nitrogen functional groups attached to an aromatic ring is 1. The third-order valence-electron chi connectivity index (χ3n) is 4.70. The van der Waals surface area contributed by atoms with Crippen LogP contribution >= 0.6 is 0 Å². The molecule has 30 heavy (non-hydrogen) atoms. The number of anilines is 2. The van der Waals surface area contributed by atoms with Crippen molar-refractivity contribution >= 4 is 28.3 Å². The van der Waals surface area contributed by atoms with Gasteiger partial charge in [0.2, 0.25) is 0 Å². The number of hydrogen-bond acceptors (Lipinski definition) is 5. The summed E-state index contributed by atoms with van der Waals surface area (Å²) in [7, 11) is 0. The number of nitrogens with zero attached hydrogens (tertiary/aromatic N) is 3. The molecule has 3 N–H and O–H groups in total. The van der Waals surface area contributed by atoms with E-state index in [0.29, 0.717) is 23.0 Å². The number of aromatic amines is 1. The fraction of sp³-hybridized carbons (Fsp3) is 0.364. The summed E-state index contributed by atoms with van der Waals surface area (Å²) < 4.78 is 1.31. The molecule has 0 atom stereocenters. The van der Waals surface area contributed by atoms with Crippen molar-refractivity contribution in [2.24, 2.45) is 11.8 Å². The van der Waals surface area contributed by atoms with Crippen LogP contribution in [0, 0.1) is 11.8 Å². The molecule has 0 unspecified atom stereocenters. The van der Waals surface area contributed by atoms with E-state index in [-0.39, 0.29) is 35.8 Å². The first-order valence-corrected chi connectivity index (χ1v) is 9.98. The third kappa shape index (κ3) is 4.12. The average molecular weight is 409 g/mol. The van der Waals surface area contributed by atoms with E-state index in [2.05, 4.69) is 9.97 Å². The highest BCUT2D eigenvalue weighted by molar-refractivity contribution is 6.14. The topological polar surface area (TPSA) is 114 Å². The van der Waals surface area contributed by atoms with Gasteiger partial charge >= 0.3 is 5.69 Å². The second-order valence-electron chi connectivity index (χ2n) is 8.18. The number of pyridine rings is 1. The minimum atomic E-state index is -0.676. The van der Waals surface area contributed by atoms with E-state index >= 15 is 0 Å².